The zero-order valence-electron chi connectivity index (χ0n) is 13.6. The molecule has 3 aromatic rings. The van der Waals surface area contributed by atoms with Gasteiger partial charge in [-0.1, -0.05) is 48.5 Å². The lowest BCUT2D eigenvalue weighted by Gasteiger charge is -2.16. The lowest BCUT2D eigenvalue weighted by Crippen LogP contribution is -2.22. The quantitative estimate of drug-likeness (QED) is 0.665. The Morgan fingerprint density at radius 1 is 1.00 bits per heavy atom. The van der Waals surface area contributed by atoms with Crippen LogP contribution in [0, 0.1) is 0 Å². The van der Waals surface area contributed by atoms with Gasteiger partial charge < -0.3 is 14.8 Å². The van der Waals surface area contributed by atoms with Gasteiger partial charge in [-0.3, -0.25) is 0 Å². The number of aromatic nitrogens is 1. The van der Waals surface area contributed by atoms with Gasteiger partial charge in [-0.05, 0) is 30.0 Å². The van der Waals surface area contributed by atoms with E-state index in [9.17, 15) is 5.11 Å². The molecule has 0 bridgehead atoms. The van der Waals surface area contributed by atoms with Gasteiger partial charge in [0.1, 0.15) is 6.26 Å². The number of hydrogen-bond acceptors (Lipinski definition) is 4. The second kappa shape index (κ2) is 8.43. The van der Waals surface area contributed by atoms with Crippen LogP contribution in [0.4, 0.5) is 0 Å². The molecule has 0 saturated carbocycles. The van der Waals surface area contributed by atoms with Gasteiger partial charge in [-0.2, -0.15) is 0 Å². The van der Waals surface area contributed by atoms with Crippen LogP contribution in [0.5, 0.6) is 0 Å². The summed E-state index contributed by atoms with van der Waals surface area (Å²) in [5.74, 6) is 0.930. The summed E-state index contributed by atoms with van der Waals surface area (Å²) in [4.78, 5) is 4.52. The normalized spacial score (nSPS) is 12.2. The number of aliphatic hydroxyl groups is 1. The van der Waals surface area contributed by atoms with E-state index in [1.54, 1.807) is 6.26 Å². The van der Waals surface area contributed by atoms with E-state index in [0.717, 1.165) is 24.2 Å². The molecule has 4 heteroatoms. The average molecular weight is 322 g/mol. The van der Waals surface area contributed by atoms with Crippen LogP contribution in [0.1, 0.15) is 23.6 Å². The zero-order valence-corrected chi connectivity index (χ0v) is 13.6. The molecule has 24 heavy (non-hydrogen) atoms. The van der Waals surface area contributed by atoms with Gasteiger partial charge in [0.15, 0.2) is 0 Å². The number of nitrogens with zero attached hydrogens (tertiary/aromatic N) is 1. The standard InChI is InChI=1S/C20H22N2O2/c23-12-11-18(16-7-3-1-4-8-16)13-21-14-19-15-24-20(22-19)17-9-5-2-6-10-17/h1-10,15,18,21,23H,11-14H2. The molecule has 1 unspecified atom stereocenters. The van der Waals surface area contributed by atoms with Gasteiger partial charge in [0, 0.05) is 25.3 Å². The van der Waals surface area contributed by atoms with E-state index in [2.05, 4.69) is 22.4 Å². The van der Waals surface area contributed by atoms with E-state index in [4.69, 9.17) is 4.42 Å². The molecule has 0 aliphatic carbocycles. The molecule has 1 aromatic heterocycles. The van der Waals surface area contributed by atoms with Crippen molar-refractivity contribution >= 4 is 0 Å². The van der Waals surface area contributed by atoms with Gasteiger partial charge in [0.25, 0.3) is 0 Å². The smallest absolute Gasteiger partial charge is 0.226 e. The van der Waals surface area contributed by atoms with Crippen LogP contribution in [0.2, 0.25) is 0 Å². The third-order valence-corrected chi connectivity index (χ3v) is 4.02. The number of rotatable bonds is 8. The van der Waals surface area contributed by atoms with Gasteiger partial charge in [-0.15, -0.1) is 0 Å². The molecule has 0 saturated heterocycles. The summed E-state index contributed by atoms with van der Waals surface area (Å²) in [6.07, 6.45) is 2.43. The monoisotopic (exact) mass is 322 g/mol. The van der Waals surface area contributed by atoms with Crippen LogP contribution < -0.4 is 5.32 Å². The van der Waals surface area contributed by atoms with E-state index in [1.807, 2.05) is 48.5 Å². The maximum atomic E-state index is 9.29. The Balaban J connectivity index is 1.56. The molecule has 0 spiro atoms. The van der Waals surface area contributed by atoms with E-state index in [-0.39, 0.29) is 12.5 Å². The van der Waals surface area contributed by atoms with E-state index in [1.165, 1.54) is 5.56 Å². The SMILES string of the molecule is OCCC(CNCc1coc(-c2ccccc2)n1)c1ccccc1. The Kier molecular flexibility index (Phi) is 5.77. The first-order valence-corrected chi connectivity index (χ1v) is 8.23. The molecule has 124 valence electrons. The topological polar surface area (TPSA) is 58.3 Å². The molecule has 0 radical (unpaired) electrons. The highest BCUT2D eigenvalue weighted by Crippen LogP contribution is 2.19. The number of aliphatic hydroxyl groups excluding tert-OH is 1. The van der Waals surface area contributed by atoms with Gasteiger partial charge in [0.2, 0.25) is 5.89 Å². The third kappa shape index (κ3) is 4.31. The summed E-state index contributed by atoms with van der Waals surface area (Å²) in [7, 11) is 0. The second-order valence-corrected chi connectivity index (χ2v) is 5.76. The van der Waals surface area contributed by atoms with Crippen molar-refractivity contribution in [3.63, 3.8) is 0 Å². The molecule has 0 aliphatic rings. The molecule has 0 amide bonds. The first-order valence-electron chi connectivity index (χ1n) is 8.23. The summed E-state index contributed by atoms with van der Waals surface area (Å²) < 4.78 is 5.55. The molecular weight excluding hydrogens is 300 g/mol. The zero-order chi connectivity index (χ0) is 16.6. The first-order chi connectivity index (χ1) is 11.9. The van der Waals surface area contributed by atoms with Crippen molar-refractivity contribution in [3.8, 4) is 11.5 Å². The van der Waals surface area contributed by atoms with Crippen LogP contribution >= 0.6 is 0 Å². The lowest BCUT2D eigenvalue weighted by atomic mass is 9.96. The predicted octanol–water partition coefficient (Wildman–Crippen LogP) is 3.60. The molecular formula is C20H22N2O2. The van der Waals surface area contributed by atoms with Crippen molar-refractivity contribution in [1.29, 1.82) is 0 Å². The number of hydrogen-bond donors (Lipinski definition) is 2. The summed E-state index contributed by atoms with van der Waals surface area (Å²) >= 11 is 0. The predicted molar refractivity (Wildman–Crippen MR) is 94.5 cm³/mol. The summed E-state index contributed by atoms with van der Waals surface area (Å²) in [5.41, 5.74) is 3.10. The van der Waals surface area contributed by atoms with E-state index >= 15 is 0 Å². The fourth-order valence-corrected chi connectivity index (χ4v) is 2.74. The largest absolute Gasteiger partial charge is 0.444 e. The molecule has 3 rings (SSSR count). The highest BCUT2D eigenvalue weighted by molar-refractivity contribution is 5.52. The van der Waals surface area contributed by atoms with Crippen molar-refractivity contribution < 1.29 is 9.52 Å². The molecule has 4 nitrogen and oxygen atoms in total. The van der Waals surface area contributed by atoms with Crippen LogP contribution in [-0.4, -0.2) is 23.2 Å². The summed E-state index contributed by atoms with van der Waals surface area (Å²) in [6, 6.07) is 20.1. The summed E-state index contributed by atoms with van der Waals surface area (Å²) in [5, 5.41) is 12.7. The van der Waals surface area contributed by atoms with Gasteiger partial charge in [-0.25, -0.2) is 4.98 Å². The fraction of sp³-hybridized carbons (Fsp3) is 0.250. The van der Waals surface area contributed by atoms with Crippen LogP contribution in [0.3, 0.4) is 0 Å². The molecule has 1 heterocycles. The van der Waals surface area contributed by atoms with Crippen LogP contribution in [0.15, 0.2) is 71.3 Å². The molecule has 0 aliphatic heterocycles. The summed E-state index contributed by atoms with van der Waals surface area (Å²) in [6.45, 7) is 1.62. The number of benzene rings is 2. The maximum Gasteiger partial charge on any atom is 0.226 e. The fourth-order valence-electron chi connectivity index (χ4n) is 2.74. The van der Waals surface area contributed by atoms with Gasteiger partial charge in [0.05, 0.1) is 5.69 Å². The molecule has 1 atom stereocenters. The minimum Gasteiger partial charge on any atom is -0.444 e. The molecule has 0 fully saturated rings. The number of nitrogens with one attached hydrogen (secondary N) is 1. The highest BCUT2D eigenvalue weighted by Gasteiger charge is 2.11. The second-order valence-electron chi connectivity index (χ2n) is 5.76. The minimum atomic E-state index is 0.184. The average Bonchev–Trinajstić information content (AvgIpc) is 3.11. The van der Waals surface area contributed by atoms with Crippen molar-refractivity contribution in [2.75, 3.05) is 13.2 Å². The highest BCUT2D eigenvalue weighted by atomic mass is 16.3. The Bertz CT molecular complexity index is 726. The van der Waals surface area contributed by atoms with Crippen LogP contribution in [0.25, 0.3) is 11.5 Å². The van der Waals surface area contributed by atoms with E-state index < -0.39 is 0 Å². The Labute approximate surface area is 142 Å². The third-order valence-electron chi connectivity index (χ3n) is 4.02. The van der Waals surface area contributed by atoms with Gasteiger partial charge >= 0.3 is 0 Å². The number of oxazole rings is 1. The van der Waals surface area contributed by atoms with Crippen molar-refractivity contribution in [2.45, 2.75) is 18.9 Å². The Hall–Kier alpha value is -2.43. The van der Waals surface area contributed by atoms with Crippen LogP contribution in [-0.2, 0) is 6.54 Å². The maximum absolute atomic E-state index is 9.29. The minimum absolute atomic E-state index is 0.184. The molecule has 2 aromatic carbocycles. The lowest BCUT2D eigenvalue weighted by molar-refractivity contribution is 0.273. The first kappa shape index (κ1) is 16.4. The Morgan fingerprint density at radius 2 is 1.71 bits per heavy atom. The van der Waals surface area contributed by atoms with Crippen molar-refractivity contribution in [3.05, 3.63) is 78.2 Å². The van der Waals surface area contributed by atoms with Crippen molar-refractivity contribution in [1.82, 2.24) is 10.3 Å². The van der Waals surface area contributed by atoms with Crippen molar-refractivity contribution in [2.24, 2.45) is 0 Å². The molecule has 2 N–H and O–H groups in total. The van der Waals surface area contributed by atoms with E-state index in [0.29, 0.717) is 12.4 Å². The Morgan fingerprint density at radius 3 is 2.42 bits per heavy atom.